The Kier molecular flexibility index (Phi) is 4.45. The third-order valence-corrected chi connectivity index (χ3v) is 1.28. The van der Waals surface area contributed by atoms with Crippen molar-refractivity contribution in [3.05, 3.63) is 0 Å². The molecule has 0 radical (unpaired) electrons. The number of carbonyl (C=O) groups is 3. The SMILES string of the molecule is N[C@@H](CC(OC=O)C(=O)O)C(=O)O. The van der Waals surface area contributed by atoms with Gasteiger partial charge in [-0.1, -0.05) is 0 Å². The summed E-state index contributed by atoms with van der Waals surface area (Å²) in [5.74, 6) is -2.77. The molecule has 0 fully saturated rings. The average molecular weight is 191 g/mol. The molecular formula is C6H9NO6. The van der Waals surface area contributed by atoms with Crippen molar-refractivity contribution in [3.63, 3.8) is 0 Å². The fourth-order valence-electron chi connectivity index (χ4n) is 0.613. The van der Waals surface area contributed by atoms with Crippen molar-refractivity contribution < 1.29 is 29.3 Å². The highest BCUT2D eigenvalue weighted by Crippen LogP contribution is 2.00. The molecule has 0 aromatic rings. The number of carboxylic acids is 2. The summed E-state index contributed by atoms with van der Waals surface area (Å²) < 4.78 is 4.10. The minimum absolute atomic E-state index is 0.0621. The zero-order chi connectivity index (χ0) is 10.4. The first-order chi connectivity index (χ1) is 5.99. The van der Waals surface area contributed by atoms with Crippen LogP contribution in [-0.2, 0) is 19.1 Å². The number of ether oxygens (including phenoxy) is 1. The van der Waals surface area contributed by atoms with Crippen LogP contribution in [0.2, 0.25) is 0 Å². The van der Waals surface area contributed by atoms with E-state index in [-0.39, 0.29) is 6.47 Å². The van der Waals surface area contributed by atoms with Gasteiger partial charge in [-0.2, -0.15) is 0 Å². The minimum Gasteiger partial charge on any atom is -0.480 e. The maximum atomic E-state index is 10.3. The topological polar surface area (TPSA) is 127 Å². The third kappa shape index (κ3) is 4.06. The van der Waals surface area contributed by atoms with Gasteiger partial charge in [0.15, 0.2) is 6.10 Å². The molecular weight excluding hydrogens is 182 g/mol. The lowest BCUT2D eigenvalue weighted by Gasteiger charge is -2.12. The molecule has 0 saturated heterocycles. The van der Waals surface area contributed by atoms with E-state index in [0.717, 1.165) is 0 Å². The summed E-state index contributed by atoms with van der Waals surface area (Å²) in [6.45, 7) is -0.0621. The lowest BCUT2D eigenvalue weighted by molar-refractivity contribution is -0.158. The van der Waals surface area contributed by atoms with Crippen LogP contribution >= 0.6 is 0 Å². The van der Waals surface area contributed by atoms with Crippen LogP contribution in [0.25, 0.3) is 0 Å². The summed E-state index contributed by atoms with van der Waals surface area (Å²) in [5.41, 5.74) is 5.03. The number of carbonyl (C=O) groups excluding carboxylic acids is 1. The van der Waals surface area contributed by atoms with E-state index in [4.69, 9.17) is 15.9 Å². The Balaban J connectivity index is 4.16. The molecule has 0 bridgehead atoms. The first kappa shape index (κ1) is 11.4. The molecule has 7 heteroatoms. The van der Waals surface area contributed by atoms with Crippen molar-refractivity contribution in [1.29, 1.82) is 0 Å². The largest absolute Gasteiger partial charge is 0.480 e. The molecule has 4 N–H and O–H groups in total. The Bertz CT molecular complexity index is 215. The maximum absolute atomic E-state index is 10.3. The second kappa shape index (κ2) is 5.09. The molecule has 0 saturated carbocycles. The Morgan fingerprint density at radius 1 is 1.38 bits per heavy atom. The first-order valence-corrected chi connectivity index (χ1v) is 3.29. The second-order valence-electron chi connectivity index (χ2n) is 2.24. The fourth-order valence-corrected chi connectivity index (χ4v) is 0.613. The fraction of sp³-hybridized carbons (Fsp3) is 0.500. The molecule has 7 nitrogen and oxygen atoms in total. The summed E-state index contributed by atoms with van der Waals surface area (Å²) >= 11 is 0. The highest BCUT2D eigenvalue weighted by molar-refractivity contribution is 5.77. The van der Waals surface area contributed by atoms with Crippen LogP contribution in [-0.4, -0.2) is 40.8 Å². The Morgan fingerprint density at radius 3 is 2.23 bits per heavy atom. The zero-order valence-corrected chi connectivity index (χ0v) is 6.54. The number of hydrogen-bond acceptors (Lipinski definition) is 5. The van der Waals surface area contributed by atoms with Crippen LogP contribution < -0.4 is 5.73 Å². The standard InChI is InChI=1S/C6H9NO6/c7-3(5(9)10)1-4(6(11)12)13-2-8/h2-4H,1,7H2,(H,9,10)(H,11,12)/t3-,4?/m0/s1. The van der Waals surface area contributed by atoms with Crippen LogP contribution in [0.4, 0.5) is 0 Å². The Hall–Kier alpha value is -1.63. The average Bonchev–Trinajstić information content (AvgIpc) is 2.03. The number of aliphatic carboxylic acids is 2. The van der Waals surface area contributed by atoms with E-state index in [1.54, 1.807) is 0 Å². The van der Waals surface area contributed by atoms with E-state index in [1.165, 1.54) is 0 Å². The van der Waals surface area contributed by atoms with Gasteiger partial charge < -0.3 is 20.7 Å². The van der Waals surface area contributed by atoms with Gasteiger partial charge in [0, 0.05) is 6.42 Å². The smallest absolute Gasteiger partial charge is 0.345 e. The van der Waals surface area contributed by atoms with Crippen LogP contribution in [0.5, 0.6) is 0 Å². The number of nitrogens with two attached hydrogens (primary N) is 1. The molecule has 2 atom stereocenters. The van der Waals surface area contributed by atoms with Crippen LogP contribution in [0.15, 0.2) is 0 Å². The van der Waals surface area contributed by atoms with E-state index in [9.17, 15) is 14.4 Å². The summed E-state index contributed by atoms with van der Waals surface area (Å²) in [7, 11) is 0. The van der Waals surface area contributed by atoms with Crippen molar-refractivity contribution in [1.82, 2.24) is 0 Å². The lowest BCUT2D eigenvalue weighted by Crippen LogP contribution is -2.37. The molecule has 0 spiro atoms. The molecule has 13 heavy (non-hydrogen) atoms. The van der Waals surface area contributed by atoms with Crippen molar-refractivity contribution in [3.8, 4) is 0 Å². The molecule has 0 aliphatic heterocycles. The quantitative estimate of drug-likeness (QED) is 0.432. The van der Waals surface area contributed by atoms with Crippen molar-refractivity contribution in [2.45, 2.75) is 18.6 Å². The van der Waals surface area contributed by atoms with Crippen LogP contribution in [0, 0.1) is 0 Å². The number of rotatable bonds is 6. The second-order valence-corrected chi connectivity index (χ2v) is 2.24. The van der Waals surface area contributed by atoms with Gasteiger partial charge in [-0.3, -0.25) is 9.59 Å². The molecule has 0 amide bonds. The molecule has 1 unspecified atom stereocenters. The normalized spacial score (nSPS) is 14.2. The van der Waals surface area contributed by atoms with Crippen molar-refractivity contribution >= 4 is 18.4 Å². The summed E-state index contributed by atoms with van der Waals surface area (Å²) in [6, 6.07) is -1.36. The van der Waals surface area contributed by atoms with Gasteiger partial charge in [-0.15, -0.1) is 0 Å². The van der Waals surface area contributed by atoms with E-state index in [0.29, 0.717) is 0 Å². The van der Waals surface area contributed by atoms with Gasteiger partial charge in [-0.05, 0) is 0 Å². The first-order valence-electron chi connectivity index (χ1n) is 3.29. The Morgan fingerprint density at radius 2 is 1.92 bits per heavy atom. The predicted octanol–water partition coefficient (Wildman–Crippen LogP) is -1.59. The van der Waals surface area contributed by atoms with Crippen LogP contribution in [0.1, 0.15) is 6.42 Å². The predicted molar refractivity (Wildman–Crippen MR) is 38.8 cm³/mol. The number of hydrogen-bond donors (Lipinski definition) is 3. The molecule has 0 aromatic carbocycles. The highest BCUT2D eigenvalue weighted by Gasteiger charge is 2.25. The monoisotopic (exact) mass is 191 g/mol. The minimum atomic E-state index is -1.51. The number of carboxylic acid groups (broad SMARTS) is 2. The van der Waals surface area contributed by atoms with Crippen LogP contribution in [0.3, 0.4) is 0 Å². The van der Waals surface area contributed by atoms with E-state index in [2.05, 4.69) is 4.74 Å². The van der Waals surface area contributed by atoms with Gasteiger partial charge in [0.1, 0.15) is 6.04 Å². The Labute approximate surface area is 73.1 Å². The molecule has 0 rings (SSSR count). The van der Waals surface area contributed by atoms with Gasteiger partial charge in [0.25, 0.3) is 6.47 Å². The van der Waals surface area contributed by atoms with Gasteiger partial charge >= 0.3 is 11.9 Å². The van der Waals surface area contributed by atoms with Gasteiger partial charge in [0.05, 0.1) is 0 Å². The summed E-state index contributed by atoms with van der Waals surface area (Å²) in [5, 5.41) is 16.7. The lowest BCUT2D eigenvalue weighted by atomic mass is 10.1. The van der Waals surface area contributed by atoms with E-state index in [1.807, 2.05) is 0 Å². The maximum Gasteiger partial charge on any atom is 0.345 e. The molecule has 0 aliphatic carbocycles. The molecule has 0 aromatic heterocycles. The summed E-state index contributed by atoms with van der Waals surface area (Å²) in [4.78, 5) is 30.3. The van der Waals surface area contributed by atoms with Crippen molar-refractivity contribution in [2.24, 2.45) is 5.73 Å². The van der Waals surface area contributed by atoms with Gasteiger partial charge in [0.2, 0.25) is 0 Å². The van der Waals surface area contributed by atoms with E-state index < -0.39 is 30.5 Å². The van der Waals surface area contributed by atoms with Crippen molar-refractivity contribution in [2.75, 3.05) is 0 Å². The molecule has 0 heterocycles. The molecule has 0 aliphatic rings. The third-order valence-electron chi connectivity index (χ3n) is 1.28. The zero-order valence-electron chi connectivity index (χ0n) is 6.54. The van der Waals surface area contributed by atoms with Gasteiger partial charge in [-0.25, -0.2) is 4.79 Å². The van der Waals surface area contributed by atoms with E-state index >= 15 is 0 Å². The highest BCUT2D eigenvalue weighted by atomic mass is 16.5. The summed E-state index contributed by atoms with van der Waals surface area (Å²) in [6.07, 6.45) is -1.97. The molecule has 74 valence electrons.